The second-order valence-corrected chi connectivity index (χ2v) is 4.84. The van der Waals surface area contributed by atoms with Gasteiger partial charge in [0.2, 0.25) is 0 Å². The van der Waals surface area contributed by atoms with E-state index in [1.165, 1.54) is 30.5 Å². The summed E-state index contributed by atoms with van der Waals surface area (Å²) in [5, 5.41) is 1.78. The molecule has 0 aliphatic rings. The standard InChI is InChI=1S/C12H17NO4S/c1-8(2)13(7-10(14)17-4)12(15)11-9(16-3)5-6-18-11/h5-6,8H,7H2,1-4H3. The van der Waals surface area contributed by atoms with Crippen molar-refractivity contribution in [2.24, 2.45) is 0 Å². The molecule has 0 bridgehead atoms. The molecular formula is C12H17NO4S. The van der Waals surface area contributed by atoms with Crippen molar-refractivity contribution < 1.29 is 19.1 Å². The van der Waals surface area contributed by atoms with Crippen molar-refractivity contribution in [3.63, 3.8) is 0 Å². The van der Waals surface area contributed by atoms with E-state index >= 15 is 0 Å². The zero-order valence-corrected chi connectivity index (χ0v) is 11.7. The Labute approximate surface area is 110 Å². The van der Waals surface area contributed by atoms with Gasteiger partial charge in [-0.15, -0.1) is 11.3 Å². The van der Waals surface area contributed by atoms with Crippen LogP contribution in [0.2, 0.25) is 0 Å². The highest BCUT2D eigenvalue weighted by atomic mass is 32.1. The molecule has 0 N–H and O–H groups in total. The maximum atomic E-state index is 12.3. The van der Waals surface area contributed by atoms with Crippen molar-refractivity contribution in [3.05, 3.63) is 16.3 Å². The summed E-state index contributed by atoms with van der Waals surface area (Å²) in [5.41, 5.74) is 0. The van der Waals surface area contributed by atoms with Gasteiger partial charge in [-0.05, 0) is 25.3 Å². The number of ether oxygens (including phenoxy) is 2. The van der Waals surface area contributed by atoms with Crippen LogP contribution in [0.4, 0.5) is 0 Å². The number of rotatable bonds is 5. The van der Waals surface area contributed by atoms with Crippen LogP contribution in [0.1, 0.15) is 23.5 Å². The Morgan fingerprint density at radius 2 is 2.06 bits per heavy atom. The fourth-order valence-electron chi connectivity index (χ4n) is 1.44. The van der Waals surface area contributed by atoms with E-state index in [9.17, 15) is 9.59 Å². The Kier molecular flexibility index (Phi) is 5.15. The van der Waals surface area contributed by atoms with Gasteiger partial charge in [-0.25, -0.2) is 0 Å². The van der Waals surface area contributed by atoms with Crippen molar-refractivity contribution in [2.45, 2.75) is 19.9 Å². The summed E-state index contributed by atoms with van der Waals surface area (Å²) >= 11 is 1.29. The van der Waals surface area contributed by atoms with E-state index in [4.69, 9.17) is 4.74 Å². The highest BCUT2D eigenvalue weighted by molar-refractivity contribution is 7.12. The maximum absolute atomic E-state index is 12.3. The van der Waals surface area contributed by atoms with Gasteiger partial charge in [0.05, 0.1) is 14.2 Å². The third kappa shape index (κ3) is 3.22. The lowest BCUT2D eigenvalue weighted by atomic mass is 10.2. The number of nitrogens with zero attached hydrogens (tertiary/aromatic N) is 1. The van der Waals surface area contributed by atoms with Crippen LogP contribution in [0, 0.1) is 0 Å². The molecule has 0 saturated carbocycles. The number of methoxy groups -OCH3 is 2. The number of hydrogen-bond donors (Lipinski definition) is 0. The van der Waals surface area contributed by atoms with Crippen LogP contribution in [0.15, 0.2) is 11.4 Å². The molecule has 5 nitrogen and oxygen atoms in total. The molecule has 0 saturated heterocycles. The van der Waals surface area contributed by atoms with Crippen LogP contribution < -0.4 is 4.74 Å². The Morgan fingerprint density at radius 3 is 2.56 bits per heavy atom. The van der Waals surface area contributed by atoms with Crippen LogP contribution in [0.25, 0.3) is 0 Å². The predicted molar refractivity (Wildman–Crippen MR) is 69.1 cm³/mol. The van der Waals surface area contributed by atoms with Gasteiger partial charge in [-0.2, -0.15) is 0 Å². The third-order valence-electron chi connectivity index (χ3n) is 2.45. The lowest BCUT2D eigenvalue weighted by Gasteiger charge is -2.25. The summed E-state index contributed by atoms with van der Waals surface area (Å²) in [6, 6.07) is 1.64. The maximum Gasteiger partial charge on any atom is 0.325 e. The van der Waals surface area contributed by atoms with Gasteiger partial charge in [-0.3, -0.25) is 9.59 Å². The summed E-state index contributed by atoms with van der Waals surface area (Å²) in [7, 11) is 2.82. The van der Waals surface area contributed by atoms with E-state index in [0.717, 1.165) is 0 Å². The second-order valence-electron chi connectivity index (χ2n) is 3.92. The SMILES string of the molecule is COC(=O)CN(C(=O)c1sccc1OC)C(C)C. The van der Waals surface area contributed by atoms with E-state index < -0.39 is 5.97 Å². The molecule has 1 amide bonds. The Bertz CT molecular complexity index is 427. The lowest BCUT2D eigenvalue weighted by Crippen LogP contribution is -2.40. The van der Waals surface area contributed by atoms with E-state index in [1.54, 1.807) is 11.4 Å². The van der Waals surface area contributed by atoms with Gasteiger partial charge in [0.25, 0.3) is 5.91 Å². The third-order valence-corrected chi connectivity index (χ3v) is 3.34. The summed E-state index contributed by atoms with van der Waals surface area (Å²) in [6.45, 7) is 3.63. The van der Waals surface area contributed by atoms with Crippen molar-refractivity contribution in [3.8, 4) is 5.75 Å². The van der Waals surface area contributed by atoms with Crippen molar-refractivity contribution in [1.82, 2.24) is 4.90 Å². The average Bonchev–Trinajstić information content (AvgIpc) is 2.82. The molecule has 0 radical (unpaired) electrons. The number of hydrogen-bond acceptors (Lipinski definition) is 5. The topological polar surface area (TPSA) is 55.8 Å². The second kappa shape index (κ2) is 6.39. The quantitative estimate of drug-likeness (QED) is 0.766. The minimum atomic E-state index is -0.437. The van der Waals surface area contributed by atoms with Gasteiger partial charge >= 0.3 is 5.97 Å². The molecule has 1 heterocycles. The largest absolute Gasteiger partial charge is 0.495 e. The molecule has 1 rings (SSSR count). The molecule has 0 fully saturated rings. The highest BCUT2D eigenvalue weighted by Crippen LogP contribution is 2.26. The van der Waals surface area contributed by atoms with Gasteiger partial charge in [0.15, 0.2) is 0 Å². The first kappa shape index (κ1) is 14.5. The minimum absolute atomic E-state index is 0.0615. The van der Waals surface area contributed by atoms with Gasteiger partial charge in [0, 0.05) is 6.04 Å². The number of esters is 1. The lowest BCUT2D eigenvalue weighted by molar-refractivity contribution is -0.141. The molecule has 0 aliphatic carbocycles. The Morgan fingerprint density at radius 1 is 1.39 bits per heavy atom. The smallest absolute Gasteiger partial charge is 0.325 e. The molecule has 0 spiro atoms. The first-order valence-electron chi connectivity index (χ1n) is 5.50. The van der Waals surface area contributed by atoms with E-state index in [1.807, 2.05) is 13.8 Å². The number of amides is 1. The van der Waals surface area contributed by atoms with Crippen molar-refractivity contribution in [1.29, 1.82) is 0 Å². The fourth-order valence-corrected chi connectivity index (χ4v) is 2.25. The minimum Gasteiger partial charge on any atom is -0.495 e. The molecule has 6 heteroatoms. The van der Waals surface area contributed by atoms with Gasteiger partial charge in [-0.1, -0.05) is 0 Å². The van der Waals surface area contributed by atoms with Crippen LogP contribution >= 0.6 is 11.3 Å². The van der Waals surface area contributed by atoms with E-state index in [0.29, 0.717) is 10.6 Å². The first-order chi connectivity index (χ1) is 8.51. The van der Waals surface area contributed by atoms with Gasteiger partial charge < -0.3 is 14.4 Å². The normalized spacial score (nSPS) is 10.3. The Balaban J connectivity index is 2.93. The van der Waals surface area contributed by atoms with Crippen LogP contribution in [-0.2, 0) is 9.53 Å². The first-order valence-corrected chi connectivity index (χ1v) is 6.38. The highest BCUT2D eigenvalue weighted by Gasteiger charge is 2.25. The molecule has 1 aromatic heterocycles. The van der Waals surface area contributed by atoms with Crippen LogP contribution in [-0.4, -0.2) is 43.6 Å². The summed E-state index contributed by atoms with van der Waals surface area (Å²) in [6.07, 6.45) is 0. The summed E-state index contributed by atoms with van der Waals surface area (Å²) in [5.74, 6) is -0.129. The zero-order valence-electron chi connectivity index (χ0n) is 10.9. The summed E-state index contributed by atoms with van der Waals surface area (Å²) < 4.78 is 9.71. The number of carbonyl (C=O) groups excluding carboxylic acids is 2. The average molecular weight is 271 g/mol. The van der Waals surface area contributed by atoms with Crippen LogP contribution in [0.3, 0.4) is 0 Å². The molecule has 1 aromatic rings. The van der Waals surface area contributed by atoms with E-state index in [-0.39, 0.29) is 18.5 Å². The fraction of sp³-hybridized carbons (Fsp3) is 0.500. The number of carbonyl (C=O) groups is 2. The monoisotopic (exact) mass is 271 g/mol. The molecule has 0 atom stereocenters. The van der Waals surface area contributed by atoms with Crippen molar-refractivity contribution in [2.75, 3.05) is 20.8 Å². The van der Waals surface area contributed by atoms with Gasteiger partial charge in [0.1, 0.15) is 17.2 Å². The van der Waals surface area contributed by atoms with Crippen molar-refractivity contribution >= 4 is 23.2 Å². The molecule has 100 valence electrons. The van der Waals surface area contributed by atoms with E-state index in [2.05, 4.69) is 4.74 Å². The molecular weight excluding hydrogens is 254 g/mol. The molecule has 0 aliphatic heterocycles. The zero-order chi connectivity index (χ0) is 13.7. The molecule has 18 heavy (non-hydrogen) atoms. The predicted octanol–water partition coefficient (Wildman–Crippen LogP) is 1.78. The molecule has 0 aromatic carbocycles. The summed E-state index contributed by atoms with van der Waals surface area (Å²) in [4.78, 5) is 25.6. The number of thiophene rings is 1. The molecule has 0 unspecified atom stereocenters. The van der Waals surface area contributed by atoms with Crippen LogP contribution in [0.5, 0.6) is 5.75 Å². The Hall–Kier alpha value is -1.56.